The number of hydrogen-bond donors (Lipinski definition) is 2. The van der Waals surface area contributed by atoms with Gasteiger partial charge in [-0.25, -0.2) is 0 Å². The Labute approximate surface area is 200 Å². The molecule has 168 valence electrons. The molecule has 0 spiro atoms. The van der Waals surface area contributed by atoms with Gasteiger partial charge in [0.2, 0.25) is 0 Å². The van der Waals surface area contributed by atoms with E-state index in [0.29, 0.717) is 34.2 Å². The number of aliphatic hydroxyl groups excluding tert-OH is 1. The Bertz CT molecular complexity index is 1250. The third-order valence-corrected chi connectivity index (χ3v) is 5.83. The van der Waals surface area contributed by atoms with Gasteiger partial charge in [0.05, 0.1) is 23.2 Å². The van der Waals surface area contributed by atoms with Crippen molar-refractivity contribution in [2.24, 2.45) is 0 Å². The summed E-state index contributed by atoms with van der Waals surface area (Å²) >= 11 is 12.1. The molecule has 1 atom stereocenters. The van der Waals surface area contributed by atoms with Gasteiger partial charge in [-0.15, -0.1) is 0 Å². The van der Waals surface area contributed by atoms with Gasteiger partial charge in [0.15, 0.2) is 0 Å². The molecular formula is C25H19Cl2NO5. The highest BCUT2D eigenvalue weighted by Gasteiger charge is 2.47. The van der Waals surface area contributed by atoms with Gasteiger partial charge in [0.25, 0.3) is 11.7 Å². The van der Waals surface area contributed by atoms with Gasteiger partial charge < -0.3 is 14.9 Å². The Balaban J connectivity index is 1.90. The van der Waals surface area contributed by atoms with E-state index < -0.39 is 17.7 Å². The van der Waals surface area contributed by atoms with Crippen LogP contribution in [0.25, 0.3) is 5.76 Å². The zero-order chi connectivity index (χ0) is 23.7. The Morgan fingerprint density at radius 2 is 1.67 bits per heavy atom. The zero-order valence-corrected chi connectivity index (χ0v) is 19.0. The zero-order valence-electron chi connectivity index (χ0n) is 17.5. The number of hydrogen-bond acceptors (Lipinski definition) is 5. The molecule has 1 aliphatic heterocycles. The van der Waals surface area contributed by atoms with Crippen LogP contribution in [0, 0.1) is 0 Å². The van der Waals surface area contributed by atoms with Crippen molar-refractivity contribution in [3.63, 3.8) is 0 Å². The molecule has 3 aromatic rings. The van der Waals surface area contributed by atoms with Crippen LogP contribution in [0.3, 0.4) is 0 Å². The van der Waals surface area contributed by atoms with Crippen LogP contribution in [0.2, 0.25) is 10.0 Å². The topological polar surface area (TPSA) is 87.1 Å². The molecule has 1 fully saturated rings. The van der Waals surface area contributed by atoms with Gasteiger partial charge >= 0.3 is 0 Å². The summed E-state index contributed by atoms with van der Waals surface area (Å²) in [4.78, 5) is 27.5. The van der Waals surface area contributed by atoms with Crippen molar-refractivity contribution in [3.8, 4) is 11.5 Å². The highest BCUT2D eigenvalue weighted by Crippen LogP contribution is 2.43. The molecule has 6 nitrogen and oxygen atoms in total. The number of anilines is 1. The number of rotatable bonds is 5. The van der Waals surface area contributed by atoms with E-state index in [4.69, 9.17) is 27.9 Å². The third kappa shape index (κ3) is 4.27. The molecular weight excluding hydrogens is 465 g/mol. The number of phenols is 1. The second kappa shape index (κ2) is 9.17. The largest absolute Gasteiger partial charge is 0.507 e. The number of aliphatic hydroxyl groups is 1. The van der Waals surface area contributed by atoms with Gasteiger partial charge in [-0.1, -0.05) is 29.3 Å². The monoisotopic (exact) mass is 483 g/mol. The van der Waals surface area contributed by atoms with Crippen LogP contribution in [-0.4, -0.2) is 28.5 Å². The molecule has 8 heteroatoms. The van der Waals surface area contributed by atoms with Crippen LogP contribution in [-0.2, 0) is 9.59 Å². The van der Waals surface area contributed by atoms with E-state index in [-0.39, 0.29) is 22.1 Å². The number of amides is 1. The first-order chi connectivity index (χ1) is 15.8. The lowest BCUT2D eigenvalue weighted by Gasteiger charge is -2.25. The summed E-state index contributed by atoms with van der Waals surface area (Å²) in [5.74, 6) is -1.51. The number of carbonyl (C=O) groups excluding carboxylic acids is 2. The Morgan fingerprint density at radius 1 is 1.00 bits per heavy atom. The average Bonchev–Trinajstić information content (AvgIpc) is 3.07. The molecule has 3 aromatic carbocycles. The van der Waals surface area contributed by atoms with E-state index in [1.165, 1.54) is 17.0 Å². The molecule has 1 unspecified atom stereocenters. The van der Waals surface area contributed by atoms with Crippen LogP contribution >= 0.6 is 23.2 Å². The lowest BCUT2D eigenvalue weighted by molar-refractivity contribution is -0.132. The van der Waals surface area contributed by atoms with Crippen LogP contribution in [0.1, 0.15) is 24.1 Å². The lowest BCUT2D eigenvalue weighted by atomic mass is 9.95. The van der Waals surface area contributed by atoms with E-state index in [2.05, 4.69) is 0 Å². The van der Waals surface area contributed by atoms with Crippen LogP contribution < -0.4 is 9.64 Å². The van der Waals surface area contributed by atoms with Crippen LogP contribution in [0.15, 0.2) is 72.3 Å². The molecule has 1 amide bonds. The maximum absolute atomic E-state index is 13.1. The van der Waals surface area contributed by atoms with Crippen molar-refractivity contribution < 1.29 is 24.5 Å². The van der Waals surface area contributed by atoms with Crippen molar-refractivity contribution in [3.05, 3.63) is 93.5 Å². The number of phenolic OH excluding ortho intramolecular Hbond substituents is 1. The first-order valence-corrected chi connectivity index (χ1v) is 10.9. The van der Waals surface area contributed by atoms with Crippen molar-refractivity contribution in [2.45, 2.75) is 13.0 Å². The Morgan fingerprint density at radius 3 is 2.27 bits per heavy atom. The van der Waals surface area contributed by atoms with E-state index in [1.807, 2.05) is 6.92 Å². The fraction of sp³-hybridized carbons (Fsp3) is 0.120. The third-order valence-electron chi connectivity index (χ3n) is 5.28. The van der Waals surface area contributed by atoms with Crippen molar-refractivity contribution >= 4 is 46.3 Å². The number of nitrogens with zero attached hydrogens (tertiary/aromatic N) is 1. The number of ketones is 1. The number of carbonyl (C=O) groups is 2. The highest BCUT2D eigenvalue weighted by molar-refractivity contribution is 6.51. The van der Waals surface area contributed by atoms with E-state index in [0.717, 1.165) is 0 Å². The number of benzene rings is 3. The summed E-state index contributed by atoms with van der Waals surface area (Å²) in [6, 6.07) is 16.4. The number of halogens is 2. The number of aromatic hydroxyl groups is 1. The van der Waals surface area contributed by atoms with Crippen LogP contribution in [0.4, 0.5) is 5.69 Å². The second-order valence-electron chi connectivity index (χ2n) is 7.31. The van der Waals surface area contributed by atoms with Crippen molar-refractivity contribution in [1.29, 1.82) is 0 Å². The maximum atomic E-state index is 13.1. The number of Topliss-reactive ketones (excluding diaryl/α,β-unsaturated/α-hetero) is 1. The summed E-state index contributed by atoms with van der Waals surface area (Å²) < 4.78 is 5.43. The average molecular weight is 484 g/mol. The fourth-order valence-corrected chi connectivity index (χ4v) is 4.06. The van der Waals surface area contributed by atoms with Gasteiger partial charge in [0, 0.05) is 16.3 Å². The van der Waals surface area contributed by atoms with Crippen molar-refractivity contribution in [2.75, 3.05) is 11.5 Å². The predicted molar refractivity (Wildman–Crippen MR) is 127 cm³/mol. The summed E-state index contributed by atoms with van der Waals surface area (Å²) in [6.45, 7) is 2.34. The molecule has 0 aromatic heterocycles. The molecule has 4 rings (SSSR count). The standard InChI is InChI=1S/C25H19Cl2NO5/c1-2-33-18-10-3-14(4-11-18)23(30)21-22(15-5-12-20(29)19(27)13-15)28(25(32)24(21)31)17-8-6-16(26)7-9-17/h3-13,22,29-30H,2H2,1H3/b23-21-. The molecule has 0 bridgehead atoms. The molecule has 1 heterocycles. The summed E-state index contributed by atoms with van der Waals surface area (Å²) in [5.41, 5.74) is 1.11. The molecule has 2 N–H and O–H groups in total. The minimum Gasteiger partial charge on any atom is -0.507 e. The van der Waals surface area contributed by atoms with Gasteiger partial charge in [-0.3, -0.25) is 14.5 Å². The highest BCUT2D eigenvalue weighted by atomic mass is 35.5. The molecule has 0 radical (unpaired) electrons. The minimum absolute atomic E-state index is 0.0512. The normalized spacial score (nSPS) is 17.4. The molecule has 1 saturated heterocycles. The molecule has 0 saturated carbocycles. The summed E-state index contributed by atoms with van der Waals surface area (Å²) in [7, 11) is 0. The van der Waals surface area contributed by atoms with Crippen molar-refractivity contribution in [1.82, 2.24) is 0 Å². The van der Waals surface area contributed by atoms with E-state index >= 15 is 0 Å². The van der Waals surface area contributed by atoms with E-state index in [1.54, 1.807) is 54.6 Å². The molecule has 33 heavy (non-hydrogen) atoms. The Hall–Kier alpha value is -3.48. The fourth-order valence-electron chi connectivity index (χ4n) is 3.74. The molecule has 0 aliphatic carbocycles. The van der Waals surface area contributed by atoms with Crippen LogP contribution in [0.5, 0.6) is 11.5 Å². The summed E-state index contributed by atoms with van der Waals surface area (Å²) in [6.07, 6.45) is 0. The van der Waals surface area contributed by atoms with Gasteiger partial charge in [-0.05, 0) is 73.2 Å². The predicted octanol–water partition coefficient (Wildman–Crippen LogP) is 5.72. The van der Waals surface area contributed by atoms with Gasteiger partial charge in [0.1, 0.15) is 17.3 Å². The smallest absolute Gasteiger partial charge is 0.300 e. The molecule has 1 aliphatic rings. The van der Waals surface area contributed by atoms with Gasteiger partial charge in [-0.2, -0.15) is 0 Å². The second-order valence-corrected chi connectivity index (χ2v) is 8.16. The lowest BCUT2D eigenvalue weighted by Crippen LogP contribution is -2.29. The number of ether oxygens (including phenoxy) is 1. The quantitative estimate of drug-likeness (QED) is 0.275. The summed E-state index contributed by atoms with van der Waals surface area (Å²) in [5, 5.41) is 21.5. The Kier molecular flexibility index (Phi) is 6.31. The van der Waals surface area contributed by atoms with E-state index in [9.17, 15) is 19.8 Å². The first-order valence-electron chi connectivity index (χ1n) is 10.1. The SMILES string of the molecule is CCOc1ccc(/C(O)=C2/C(=O)C(=O)N(c3ccc(Cl)cc3)C2c2ccc(O)c(Cl)c2)cc1. The first kappa shape index (κ1) is 22.7. The minimum atomic E-state index is -0.976. The maximum Gasteiger partial charge on any atom is 0.300 e.